The maximum absolute atomic E-state index is 12.8. The monoisotopic (exact) mass is 373 g/mol. The fourth-order valence-corrected chi connectivity index (χ4v) is 2.95. The first-order chi connectivity index (χ1) is 13.5. The molecule has 1 aromatic heterocycles. The lowest BCUT2D eigenvalue weighted by molar-refractivity contribution is 0.0905. The molecule has 1 aliphatic heterocycles. The predicted octanol–water partition coefficient (Wildman–Crippen LogP) is 4.32. The second kappa shape index (κ2) is 7.11. The van der Waals surface area contributed by atoms with Crippen molar-refractivity contribution in [1.29, 1.82) is 0 Å². The van der Waals surface area contributed by atoms with Crippen LogP contribution in [-0.4, -0.2) is 27.3 Å². The summed E-state index contributed by atoms with van der Waals surface area (Å²) in [6, 6.07) is 16.7. The van der Waals surface area contributed by atoms with Crippen molar-refractivity contribution in [3.8, 4) is 0 Å². The Morgan fingerprint density at radius 1 is 1.04 bits per heavy atom. The van der Waals surface area contributed by atoms with Gasteiger partial charge in [0.25, 0.3) is 11.8 Å². The molecule has 7 nitrogen and oxygen atoms in total. The lowest BCUT2D eigenvalue weighted by Gasteiger charge is -2.11. The van der Waals surface area contributed by atoms with Crippen LogP contribution < -0.4 is 10.6 Å². The van der Waals surface area contributed by atoms with Crippen LogP contribution in [0.3, 0.4) is 0 Å². The van der Waals surface area contributed by atoms with Gasteiger partial charge in [0.1, 0.15) is 5.69 Å². The van der Waals surface area contributed by atoms with Crippen molar-refractivity contribution >= 4 is 40.5 Å². The Kier molecular flexibility index (Phi) is 4.49. The first-order valence-electron chi connectivity index (χ1n) is 8.92. The van der Waals surface area contributed by atoms with Crippen LogP contribution in [0.15, 0.2) is 59.6 Å². The molecule has 0 fully saturated rings. The largest absolute Gasteiger partial charge is 0.337 e. The SMILES string of the molecule is CC1=Nc2c(NC(=O)c3ccc(C)cc3)c(Nc3ccccc3)nn2C(=O)C1. The fraction of sp³-hybridized carbons (Fsp3) is 0.143. The molecule has 2 aromatic carbocycles. The molecule has 0 saturated carbocycles. The fourth-order valence-electron chi connectivity index (χ4n) is 2.95. The summed E-state index contributed by atoms with van der Waals surface area (Å²) in [7, 11) is 0. The van der Waals surface area contributed by atoms with Gasteiger partial charge in [-0.15, -0.1) is 5.10 Å². The Balaban J connectivity index is 1.74. The van der Waals surface area contributed by atoms with Crippen molar-refractivity contribution in [2.24, 2.45) is 4.99 Å². The third-order valence-electron chi connectivity index (χ3n) is 4.39. The van der Waals surface area contributed by atoms with Gasteiger partial charge in [0, 0.05) is 17.0 Å². The summed E-state index contributed by atoms with van der Waals surface area (Å²) in [5, 5.41) is 10.4. The molecule has 2 N–H and O–H groups in total. The summed E-state index contributed by atoms with van der Waals surface area (Å²) in [6.45, 7) is 3.74. The van der Waals surface area contributed by atoms with Crippen LogP contribution in [0.1, 0.15) is 34.1 Å². The molecule has 0 aliphatic carbocycles. The van der Waals surface area contributed by atoms with E-state index >= 15 is 0 Å². The molecule has 2 heterocycles. The number of hydrogen-bond acceptors (Lipinski definition) is 5. The van der Waals surface area contributed by atoms with Crippen molar-refractivity contribution in [2.75, 3.05) is 10.6 Å². The number of aryl methyl sites for hydroxylation is 1. The highest BCUT2D eigenvalue weighted by Gasteiger charge is 2.27. The van der Waals surface area contributed by atoms with Crippen LogP contribution in [0.5, 0.6) is 0 Å². The molecule has 1 aliphatic rings. The number of benzene rings is 2. The smallest absolute Gasteiger partial charge is 0.255 e. The van der Waals surface area contributed by atoms with E-state index < -0.39 is 0 Å². The number of nitrogens with one attached hydrogen (secondary N) is 2. The van der Waals surface area contributed by atoms with Crippen LogP contribution in [0, 0.1) is 6.92 Å². The molecule has 140 valence electrons. The van der Waals surface area contributed by atoms with Gasteiger partial charge in [0.15, 0.2) is 11.6 Å². The van der Waals surface area contributed by atoms with E-state index in [0.717, 1.165) is 11.3 Å². The molecule has 0 bridgehead atoms. The number of aliphatic imine (C=N–C) groups is 1. The number of carbonyl (C=O) groups is 2. The number of rotatable bonds is 4. The van der Waals surface area contributed by atoms with Crippen molar-refractivity contribution in [2.45, 2.75) is 20.3 Å². The Morgan fingerprint density at radius 3 is 2.46 bits per heavy atom. The zero-order valence-electron chi connectivity index (χ0n) is 15.6. The topological polar surface area (TPSA) is 88.4 Å². The Morgan fingerprint density at radius 2 is 1.75 bits per heavy atom. The molecular weight excluding hydrogens is 354 g/mol. The lowest BCUT2D eigenvalue weighted by Crippen LogP contribution is -2.19. The maximum atomic E-state index is 12.8. The highest BCUT2D eigenvalue weighted by Crippen LogP contribution is 2.37. The summed E-state index contributed by atoms with van der Waals surface area (Å²) in [4.78, 5) is 29.6. The summed E-state index contributed by atoms with van der Waals surface area (Å²) in [6.07, 6.45) is 0.199. The molecule has 28 heavy (non-hydrogen) atoms. The first kappa shape index (κ1) is 17.7. The van der Waals surface area contributed by atoms with Gasteiger partial charge in [-0.05, 0) is 38.1 Å². The zero-order chi connectivity index (χ0) is 19.7. The van der Waals surface area contributed by atoms with E-state index in [9.17, 15) is 9.59 Å². The number of amides is 1. The molecule has 0 saturated heterocycles. The normalized spacial score (nSPS) is 12.9. The van der Waals surface area contributed by atoms with E-state index in [1.807, 2.05) is 49.4 Å². The number of para-hydroxylation sites is 1. The number of anilines is 3. The van der Waals surface area contributed by atoms with Crippen molar-refractivity contribution < 1.29 is 9.59 Å². The van der Waals surface area contributed by atoms with Gasteiger partial charge in [-0.2, -0.15) is 4.68 Å². The predicted molar refractivity (Wildman–Crippen MR) is 109 cm³/mol. The second-order valence-electron chi connectivity index (χ2n) is 6.69. The van der Waals surface area contributed by atoms with Gasteiger partial charge in [-0.3, -0.25) is 9.59 Å². The zero-order valence-corrected chi connectivity index (χ0v) is 15.6. The van der Waals surface area contributed by atoms with Crippen LogP contribution in [-0.2, 0) is 0 Å². The number of nitrogens with zero attached hydrogens (tertiary/aromatic N) is 3. The Labute approximate surface area is 162 Å². The van der Waals surface area contributed by atoms with Crippen LogP contribution >= 0.6 is 0 Å². The lowest BCUT2D eigenvalue weighted by atomic mass is 10.1. The third-order valence-corrected chi connectivity index (χ3v) is 4.39. The van der Waals surface area contributed by atoms with Crippen molar-refractivity contribution in [1.82, 2.24) is 9.78 Å². The molecule has 0 radical (unpaired) electrons. The molecule has 1 amide bonds. The summed E-state index contributed by atoms with van der Waals surface area (Å²) in [5.41, 5.74) is 3.42. The molecule has 0 atom stereocenters. The van der Waals surface area contributed by atoms with Crippen LogP contribution in [0.2, 0.25) is 0 Å². The van der Waals surface area contributed by atoms with Crippen molar-refractivity contribution in [3.05, 3.63) is 65.7 Å². The maximum Gasteiger partial charge on any atom is 0.255 e. The van der Waals surface area contributed by atoms with Crippen molar-refractivity contribution in [3.63, 3.8) is 0 Å². The van der Waals surface area contributed by atoms with Crippen LogP contribution in [0.25, 0.3) is 0 Å². The van der Waals surface area contributed by atoms with E-state index in [0.29, 0.717) is 28.6 Å². The first-order valence-corrected chi connectivity index (χ1v) is 8.92. The van der Waals surface area contributed by atoms with E-state index in [1.165, 1.54) is 4.68 Å². The third kappa shape index (κ3) is 3.42. The summed E-state index contributed by atoms with van der Waals surface area (Å²) in [5.74, 6) is 0.216. The molecule has 3 aromatic rings. The van der Waals surface area contributed by atoms with E-state index in [-0.39, 0.29) is 18.2 Å². The number of fused-ring (bicyclic) bond motifs is 1. The van der Waals surface area contributed by atoms with Gasteiger partial charge >= 0.3 is 0 Å². The highest BCUT2D eigenvalue weighted by molar-refractivity contribution is 6.11. The van der Waals surface area contributed by atoms with E-state index in [2.05, 4.69) is 20.7 Å². The second-order valence-corrected chi connectivity index (χ2v) is 6.69. The van der Waals surface area contributed by atoms with Crippen LogP contribution in [0.4, 0.5) is 23.0 Å². The average molecular weight is 373 g/mol. The van der Waals surface area contributed by atoms with Gasteiger partial charge in [0.05, 0.1) is 6.42 Å². The Hall–Kier alpha value is -3.74. The molecule has 0 spiro atoms. The van der Waals surface area contributed by atoms with E-state index in [1.54, 1.807) is 19.1 Å². The Bertz CT molecular complexity index is 1080. The average Bonchev–Trinajstić information content (AvgIpc) is 3.01. The minimum absolute atomic E-state index is 0.186. The van der Waals surface area contributed by atoms with Gasteiger partial charge in [0.2, 0.25) is 0 Å². The number of aromatic nitrogens is 2. The molecular formula is C21H19N5O2. The summed E-state index contributed by atoms with van der Waals surface area (Å²) >= 11 is 0. The molecule has 0 unspecified atom stereocenters. The standard InChI is InChI=1S/C21H19N5O2/c1-13-8-10-15(11-9-13)21(28)24-18-19(23-16-6-4-3-5-7-16)25-26-17(27)12-14(2)22-20(18)26/h3-11H,12H2,1-2H3,(H,23,25)(H,24,28). The van der Waals surface area contributed by atoms with Gasteiger partial charge in [-0.25, -0.2) is 4.99 Å². The number of hydrogen-bond donors (Lipinski definition) is 2. The van der Waals surface area contributed by atoms with Gasteiger partial charge < -0.3 is 10.6 Å². The van der Waals surface area contributed by atoms with Gasteiger partial charge in [-0.1, -0.05) is 35.9 Å². The quantitative estimate of drug-likeness (QED) is 0.713. The summed E-state index contributed by atoms with van der Waals surface area (Å²) < 4.78 is 1.24. The highest BCUT2D eigenvalue weighted by atomic mass is 16.2. The minimum Gasteiger partial charge on any atom is -0.337 e. The molecule has 4 rings (SSSR count). The molecule has 7 heteroatoms. The minimum atomic E-state index is -0.294. The number of carbonyl (C=O) groups excluding carboxylic acids is 2. The van der Waals surface area contributed by atoms with E-state index in [4.69, 9.17) is 0 Å².